The minimum absolute atomic E-state index is 0.201. The summed E-state index contributed by atoms with van der Waals surface area (Å²) in [6.45, 7) is 0. The second-order valence-corrected chi connectivity index (χ2v) is 15.2. The van der Waals surface area contributed by atoms with Crippen LogP contribution in [0.2, 0.25) is 0 Å². The predicted molar refractivity (Wildman–Crippen MR) is 232 cm³/mol. The van der Waals surface area contributed by atoms with E-state index >= 15 is 0 Å². The highest BCUT2D eigenvalue weighted by atomic mass is 16.3. The molecule has 0 fully saturated rings. The molecule has 4 heterocycles. The molecule has 0 radical (unpaired) electrons. The van der Waals surface area contributed by atoms with E-state index in [9.17, 15) is 0 Å². The number of hydrogen-bond acceptors (Lipinski definition) is 3. The van der Waals surface area contributed by atoms with Crippen LogP contribution in [0.15, 0.2) is 191 Å². The molecule has 1 aliphatic heterocycles. The van der Waals surface area contributed by atoms with E-state index in [1.807, 2.05) is 0 Å². The van der Waals surface area contributed by atoms with Gasteiger partial charge in [0, 0.05) is 55.5 Å². The summed E-state index contributed by atoms with van der Waals surface area (Å²) in [5.41, 5.74) is 12.7. The zero-order valence-electron chi connectivity index (χ0n) is 30.2. The predicted octanol–water partition coefficient (Wildman–Crippen LogP) is 14.1. The summed E-state index contributed by atoms with van der Waals surface area (Å²) in [5, 5.41) is 9.08. The van der Waals surface area contributed by atoms with E-state index in [-0.39, 0.29) is 6.04 Å². The number of benzene rings is 8. The third-order valence-corrected chi connectivity index (χ3v) is 12.3. The van der Waals surface area contributed by atoms with Crippen molar-refractivity contribution in [3.63, 3.8) is 0 Å². The minimum Gasteiger partial charge on any atom is -0.455 e. The fraction of sp³-hybridized carbons (Fsp3) is 0.0385. The van der Waals surface area contributed by atoms with Crippen LogP contribution in [0, 0.1) is 0 Å². The molecule has 262 valence electrons. The van der Waals surface area contributed by atoms with Gasteiger partial charge in [0.2, 0.25) is 0 Å². The van der Waals surface area contributed by atoms with Crippen molar-refractivity contribution in [3.8, 4) is 16.8 Å². The molecule has 0 bridgehead atoms. The highest BCUT2D eigenvalue weighted by molar-refractivity contribution is 6.26. The fourth-order valence-corrected chi connectivity index (χ4v) is 9.80. The molecule has 8 aromatic carbocycles. The average molecular weight is 717 g/mol. The van der Waals surface area contributed by atoms with Gasteiger partial charge in [0.25, 0.3) is 0 Å². The van der Waals surface area contributed by atoms with Gasteiger partial charge in [0.1, 0.15) is 22.3 Å². The molecule has 4 heteroatoms. The summed E-state index contributed by atoms with van der Waals surface area (Å²) in [6, 6.07) is 57.2. The van der Waals surface area contributed by atoms with Gasteiger partial charge in [-0.2, -0.15) is 0 Å². The molecule has 0 saturated carbocycles. The third-order valence-electron chi connectivity index (χ3n) is 12.3. The fourth-order valence-electron chi connectivity index (χ4n) is 9.80. The maximum Gasteiger partial charge on any atom is 0.147 e. The number of nitrogens with zero attached hydrogens (tertiary/aromatic N) is 2. The van der Waals surface area contributed by atoms with E-state index in [0.717, 1.165) is 66.4 Å². The smallest absolute Gasteiger partial charge is 0.147 e. The van der Waals surface area contributed by atoms with Crippen molar-refractivity contribution in [2.75, 3.05) is 4.90 Å². The number of para-hydroxylation sites is 3. The van der Waals surface area contributed by atoms with Gasteiger partial charge < -0.3 is 18.3 Å². The Bertz CT molecular complexity index is 3470. The van der Waals surface area contributed by atoms with Gasteiger partial charge in [-0.15, -0.1) is 0 Å². The Kier molecular flexibility index (Phi) is 5.97. The summed E-state index contributed by atoms with van der Waals surface area (Å²) < 4.78 is 16.2. The van der Waals surface area contributed by atoms with Gasteiger partial charge in [-0.1, -0.05) is 115 Å². The topological polar surface area (TPSA) is 34.5 Å². The number of fused-ring (bicyclic) bond motifs is 14. The number of aromatic nitrogens is 1. The molecule has 2 atom stereocenters. The van der Waals surface area contributed by atoms with Crippen molar-refractivity contribution >= 4 is 87.8 Å². The number of rotatable bonds is 3. The van der Waals surface area contributed by atoms with Crippen molar-refractivity contribution in [3.05, 3.63) is 188 Å². The number of allylic oxidation sites excluding steroid dienone is 2. The Labute approximate surface area is 321 Å². The van der Waals surface area contributed by atoms with Crippen molar-refractivity contribution in [2.24, 2.45) is 0 Å². The van der Waals surface area contributed by atoms with Crippen LogP contribution >= 0.6 is 0 Å². The summed E-state index contributed by atoms with van der Waals surface area (Å²) in [5.74, 6) is 0.304. The lowest BCUT2D eigenvalue weighted by Crippen LogP contribution is -2.28. The van der Waals surface area contributed by atoms with Gasteiger partial charge in [0.15, 0.2) is 0 Å². The van der Waals surface area contributed by atoms with Crippen LogP contribution in [-0.2, 0) is 0 Å². The second-order valence-electron chi connectivity index (χ2n) is 15.2. The van der Waals surface area contributed by atoms with E-state index in [1.54, 1.807) is 0 Å². The first-order valence-corrected chi connectivity index (χ1v) is 19.3. The molecule has 0 amide bonds. The van der Waals surface area contributed by atoms with Gasteiger partial charge >= 0.3 is 0 Å². The monoisotopic (exact) mass is 716 g/mol. The Morgan fingerprint density at radius 1 is 0.464 bits per heavy atom. The van der Waals surface area contributed by atoms with Crippen LogP contribution in [0.5, 0.6) is 0 Å². The highest BCUT2D eigenvalue weighted by Gasteiger charge is 2.37. The summed E-state index contributed by atoms with van der Waals surface area (Å²) >= 11 is 0. The number of anilines is 2. The Hall–Kier alpha value is -7.30. The van der Waals surface area contributed by atoms with Crippen molar-refractivity contribution in [2.45, 2.75) is 12.0 Å². The SMILES string of the molecule is C1=CC2c3ccccc3N(c3ccc4oc5c(-c6ccc7ccccc7c6)cc6c7cc(-n8c9ccccc9c9ccccc98)ccc7oc6c5c4c3)C2C=C1. The van der Waals surface area contributed by atoms with Gasteiger partial charge in [-0.25, -0.2) is 0 Å². The Morgan fingerprint density at radius 3 is 2.00 bits per heavy atom. The molecule has 3 aromatic heterocycles. The molecule has 56 heavy (non-hydrogen) atoms. The molecule has 2 aliphatic rings. The molecular weight excluding hydrogens is 685 g/mol. The molecule has 11 aromatic rings. The second kappa shape index (κ2) is 11.1. The summed E-state index contributed by atoms with van der Waals surface area (Å²) in [6.07, 6.45) is 9.00. The molecular formula is C52H32N2O2. The maximum absolute atomic E-state index is 6.94. The van der Waals surface area contributed by atoms with Crippen LogP contribution in [0.1, 0.15) is 11.5 Å². The Morgan fingerprint density at radius 2 is 1.14 bits per heavy atom. The molecule has 0 saturated heterocycles. The molecule has 0 spiro atoms. The van der Waals surface area contributed by atoms with E-state index in [0.29, 0.717) is 5.92 Å². The van der Waals surface area contributed by atoms with E-state index in [4.69, 9.17) is 8.83 Å². The third kappa shape index (κ3) is 4.08. The lowest BCUT2D eigenvalue weighted by molar-refractivity contribution is 0.663. The zero-order chi connectivity index (χ0) is 36.5. The van der Waals surface area contributed by atoms with Crippen LogP contribution in [0.25, 0.3) is 93.3 Å². The van der Waals surface area contributed by atoms with Gasteiger partial charge in [-0.3, -0.25) is 0 Å². The lowest BCUT2D eigenvalue weighted by atomic mass is 9.91. The average Bonchev–Trinajstić information content (AvgIpc) is 4.00. The molecule has 2 unspecified atom stereocenters. The largest absolute Gasteiger partial charge is 0.455 e. The van der Waals surface area contributed by atoms with Crippen molar-refractivity contribution < 1.29 is 8.83 Å². The first kappa shape index (κ1) is 30.1. The summed E-state index contributed by atoms with van der Waals surface area (Å²) in [7, 11) is 0. The lowest BCUT2D eigenvalue weighted by Gasteiger charge is -2.28. The maximum atomic E-state index is 6.94. The van der Waals surface area contributed by atoms with E-state index in [1.165, 1.54) is 43.8 Å². The van der Waals surface area contributed by atoms with Crippen molar-refractivity contribution in [1.82, 2.24) is 4.57 Å². The number of furan rings is 2. The quantitative estimate of drug-likeness (QED) is 0.183. The normalized spacial score (nSPS) is 16.4. The first-order valence-electron chi connectivity index (χ1n) is 19.3. The van der Waals surface area contributed by atoms with Crippen molar-refractivity contribution in [1.29, 1.82) is 0 Å². The van der Waals surface area contributed by atoms with E-state index in [2.05, 4.69) is 191 Å². The van der Waals surface area contributed by atoms with Crippen LogP contribution < -0.4 is 4.90 Å². The summed E-state index contributed by atoms with van der Waals surface area (Å²) in [4.78, 5) is 2.49. The van der Waals surface area contributed by atoms with Crippen LogP contribution in [0.4, 0.5) is 11.4 Å². The minimum atomic E-state index is 0.201. The standard InChI is InChI=1S/C52H32N2O2/c1-2-12-32-27-33(22-21-31(32)11-1)40-30-42-41-28-34(53-44-17-7-3-13-36(44)37-14-4-8-18-45(37)53)23-25-48(41)55-52(42)50-43-29-35(24-26-49(43)56-51(40)50)54-46-19-9-5-15-38(46)39-16-6-10-20-47(39)54/h1-30,38,46H. The molecule has 4 nitrogen and oxygen atoms in total. The molecule has 1 aliphatic carbocycles. The molecule has 0 N–H and O–H groups in total. The van der Waals surface area contributed by atoms with Crippen LogP contribution in [0.3, 0.4) is 0 Å². The highest BCUT2D eigenvalue weighted by Crippen LogP contribution is 2.50. The first-order chi connectivity index (χ1) is 27.8. The van der Waals surface area contributed by atoms with E-state index < -0.39 is 0 Å². The number of hydrogen-bond donors (Lipinski definition) is 0. The van der Waals surface area contributed by atoms with Gasteiger partial charge in [-0.05, 0) is 88.6 Å². The van der Waals surface area contributed by atoms with Gasteiger partial charge in [0.05, 0.1) is 22.5 Å². The molecule has 13 rings (SSSR count). The van der Waals surface area contributed by atoms with Crippen LogP contribution in [-0.4, -0.2) is 10.6 Å². The Balaban J connectivity index is 1.10. The zero-order valence-corrected chi connectivity index (χ0v) is 30.2.